The Kier molecular flexibility index (Phi) is 4.79. The van der Waals surface area contributed by atoms with E-state index in [0.29, 0.717) is 41.6 Å². The number of halogens is 2. The first kappa shape index (κ1) is 20.7. The van der Waals surface area contributed by atoms with Gasteiger partial charge in [-0.15, -0.1) is 0 Å². The Labute approximate surface area is 194 Å². The highest BCUT2D eigenvalue weighted by Crippen LogP contribution is 2.37. The molecule has 0 unspecified atom stereocenters. The van der Waals surface area contributed by atoms with Crippen molar-refractivity contribution in [3.63, 3.8) is 0 Å². The van der Waals surface area contributed by atoms with Gasteiger partial charge in [-0.1, -0.05) is 12.1 Å². The van der Waals surface area contributed by atoms with Crippen molar-refractivity contribution in [3.8, 4) is 5.69 Å². The van der Waals surface area contributed by atoms with Crippen molar-refractivity contribution in [2.24, 2.45) is 5.92 Å². The molecule has 172 valence electrons. The predicted octanol–water partition coefficient (Wildman–Crippen LogP) is 3.75. The summed E-state index contributed by atoms with van der Waals surface area (Å²) in [5.41, 5.74) is 1.61. The molecule has 0 saturated carbocycles. The van der Waals surface area contributed by atoms with Crippen molar-refractivity contribution in [2.45, 2.75) is 19.4 Å². The molecular formula is C25H22F2N6O. The zero-order chi connectivity index (χ0) is 23.4. The van der Waals surface area contributed by atoms with Crippen molar-refractivity contribution >= 4 is 22.8 Å². The number of piperidine rings is 1. The monoisotopic (exact) mass is 460 g/mol. The van der Waals surface area contributed by atoms with Crippen LogP contribution in [0.3, 0.4) is 0 Å². The fourth-order valence-corrected chi connectivity index (χ4v) is 5.01. The number of nitrogens with zero attached hydrogens (tertiary/aromatic N) is 6. The first-order valence-corrected chi connectivity index (χ1v) is 11.3. The number of carbonyl (C=O) groups is 1. The summed E-state index contributed by atoms with van der Waals surface area (Å²) in [6.45, 7) is 3.48. The molecule has 2 fully saturated rings. The molecule has 2 atom stereocenters. The number of hydrogen-bond donors (Lipinski definition) is 0. The molecule has 0 radical (unpaired) electrons. The van der Waals surface area contributed by atoms with Crippen molar-refractivity contribution in [1.82, 2.24) is 24.6 Å². The summed E-state index contributed by atoms with van der Waals surface area (Å²) in [7, 11) is 0. The molecule has 4 heterocycles. The minimum absolute atomic E-state index is 0.0361. The van der Waals surface area contributed by atoms with Crippen LogP contribution in [0.15, 0.2) is 55.0 Å². The third kappa shape index (κ3) is 3.22. The van der Waals surface area contributed by atoms with Gasteiger partial charge in [-0.05, 0) is 43.2 Å². The van der Waals surface area contributed by atoms with E-state index in [4.69, 9.17) is 0 Å². The maximum absolute atomic E-state index is 15.2. The maximum atomic E-state index is 15.2. The molecule has 2 saturated heterocycles. The average molecular weight is 460 g/mol. The van der Waals surface area contributed by atoms with E-state index >= 15 is 4.39 Å². The highest BCUT2D eigenvalue weighted by atomic mass is 19.1. The van der Waals surface area contributed by atoms with Crippen molar-refractivity contribution in [1.29, 1.82) is 0 Å². The van der Waals surface area contributed by atoms with E-state index in [1.54, 1.807) is 60.7 Å². The van der Waals surface area contributed by atoms with Crippen LogP contribution in [0.2, 0.25) is 0 Å². The van der Waals surface area contributed by atoms with E-state index in [1.807, 2.05) is 0 Å². The molecule has 4 aromatic rings. The molecule has 0 N–H and O–H groups in total. The summed E-state index contributed by atoms with van der Waals surface area (Å²) < 4.78 is 30.7. The Morgan fingerprint density at radius 3 is 2.82 bits per heavy atom. The lowest BCUT2D eigenvalue weighted by Crippen LogP contribution is -2.65. The highest BCUT2D eigenvalue weighted by molar-refractivity contribution is 5.98. The number of para-hydroxylation sites is 1. The SMILES string of the molecule is Cc1ccc(-n2cccn2)c(C(=O)N2CC[C@H]3CN(c4cnc5c(F)cccc5n4)[C@@H]3C2)c1F. The number of aryl methyl sites for hydroxylation is 1. The second kappa shape index (κ2) is 7.86. The standard InChI is InChI=1S/C25H22F2N6O/c1-15-6-7-19(33-10-3-9-29-33)22(23(15)27)25(34)31-11-8-16-13-32(20(16)14-31)21-12-28-24-17(26)4-2-5-18(24)30-21/h2-7,9-10,12,16,20H,8,11,13-14H2,1H3/t16-,20+/m0/s1. The summed E-state index contributed by atoms with van der Waals surface area (Å²) in [4.78, 5) is 26.3. The van der Waals surface area contributed by atoms with Crippen LogP contribution in [0.4, 0.5) is 14.6 Å². The normalized spacial score (nSPS) is 19.7. The number of anilines is 1. The van der Waals surface area contributed by atoms with Crippen LogP contribution < -0.4 is 4.90 Å². The average Bonchev–Trinajstić information content (AvgIpc) is 3.36. The van der Waals surface area contributed by atoms with E-state index in [0.717, 1.165) is 13.0 Å². The molecular weight excluding hydrogens is 438 g/mol. The summed E-state index contributed by atoms with van der Waals surface area (Å²) >= 11 is 0. The fourth-order valence-electron chi connectivity index (χ4n) is 5.01. The first-order chi connectivity index (χ1) is 16.5. The van der Waals surface area contributed by atoms with Gasteiger partial charge in [0.05, 0.1) is 23.4 Å². The van der Waals surface area contributed by atoms with Crippen LogP contribution in [-0.2, 0) is 0 Å². The third-order valence-corrected chi connectivity index (χ3v) is 6.92. The van der Waals surface area contributed by atoms with Crippen LogP contribution in [-0.4, -0.2) is 56.2 Å². The van der Waals surface area contributed by atoms with E-state index in [1.165, 1.54) is 10.7 Å². The van der Waals surface area contributed by atoms with Gasteiger partial charge in [-0.25, -0.2) is 23.4 Å². The van der Waals surface area contributed by atoms with Gasteiger partial charge >= 0.3 is 0 Å². The molecule has 7 nitrogen and oxygen atoms in total. The van der Waals surface area contributed by atoms with E-state index < -0.39 is 11.6 Å². The Morgan fingerprint density at radius 2 is 2.00 bits per heavy atom. The second-order valence-corrected chi connectivity index (χ2v) is 8.90. The predicted molar refractivity (Wildman–Crippen MR) is 123 cm³/mol. The van der Waals surface area contributed by atoms with Gasteiger partial charge in [-0.3, -0.25) is 4.79 Å². The molecule has 2 aliphatic rings. The number of rotatable bonds is 3. The quantitative estimate of drug-likeness (QED) is 0.466. The number of fused-ring (bicyclic) bond motifs is 2. The van der Waals surface area contributed by atoms with E-state index in [2.05, 4.69) is 20.0 Å². The summed E-state index contributed by atoms with van der Waals surface area (Å²) in [5, 5.41) is 4.20. The van der Waals surface area contributed by atoms with Crippen molar-refractivity contribution in [2.75, 3.05) is 24.5 Å². The number of likely N-dealkylation sites (tertiary alicyclic amines) is 1. The van der Waals surface area contributed by atoms with E-state index in [-0.39, 0.29) is 23.0 Å². The topological polar surface area (TPSA) is 67.2 Å². The lowest BCUT2D eigenvalue weighted by molar-refractivity contribution is 0.0586. The summed E-state index contributed by atoms with van der Waals surface area (Å²) in [6, 6.07) is 9.89. The number of benzene rings is 2. The molecule has 6 rings (SSSR count). The lowest BCUT2D eigenvalue weighted by atomic mass is 9.82. The Hall–Kier alpha value is -3.88. The fraction of sp³-hybridized carbons (Fsp3) is 0.280. The highest BCUT2D eigenvalue weighted by Gasteiger charge is 2.45. The van der Waals surface area contributed by atoms with Crippen LogP contribution in [0, 0.1) is 24.5 Å². The summed E-state index contributed by atoms with van der Waals surface area (Å²) in [5.74, 6) is -0.188. The summed E-state index contributed by atoms with van der Waals surface area (Å²) in [6.07, 6.45) is 5.70. The van der Waals surface area contributed by atoms with Gasteiger partial charge in [-0.2, -0.15) is 5.10 Å². The molecule has 1 amide bonds. The third-order valence-electron chi connectivity index (χ3n) is 6.92. The molecule has 2 aromatic carbocycles. The zero-order valence-corrected chi connectivity index (χ0v) is 18.5. The number of hydrogen-bond acceptors (Lipinski definition) is 5. The van der Waals surface area contributed by atoms with Gasteiger partial charge < -0.3 is 9.80 Å². The number of aromatic nitrogens is 4. The van der Waals surface area contributed by atoms with Crippen molar-refractivity contribution < 1.29 is 13.6 Å². The molecule has 2 aromatic heterocycles. The van der Waals surface area contributed by atoms with Gasteiger partial charge in [0.1, 0.15) is 22.7 Å². The second-order valence-electron chi connectivity index (χ2n) is 8.90. The largest absolute Gasteiger partial charge is 0.350 e. The molecule has 0 spiro atoms. The van der Waals surface area contributed by atoms with Crippen molar-refractivity contribution in [3.05, 3.63) is 77.8 Å². The lowest BCUT2D eigenvalue weighted by Gasteiger charge is -2.53. The minimum atomic E-state index is -0.520. The van der Waals surface area contributed by atoms with Gasteiger partial charge in [0.2, 0.25) is 0 Å². The Morgan fingerprint density at radius 1 is 1.12 bits per heavy atom. The molecule has 0 aliphatic carbocycles. The van der Waals surface area contributed by atoms with Gasteiger partial charge in [0.25, 0.3) is 5.91 Å². The molecule has 34 heavy (non-hydrogen) atoms. The number of carbonyl (C=O) groups excluding carboxylic acids is 1. The Bertz CT molecular complexity index is 1410. The smallest absolute Gasteiger partial charge is 0.259 e. The van der Waals surface area contributed by atoms with Crippen LogP contribution in [0.5, 0.6) is 0 Å². The number of amides is 1. The van der Waals surface area contributed by atoms with Crippen LogP contribution >= 0.6 is 0 Å². The van der Waals surface area contributed by atoms with Gasteiger partial charge in [0, 0.05) is 37.9 Å². The molecule has 0 bridgehead atoms. The maximum Gasteiger partial charge on any atom is 0.259 e. The van der Waals surface area contributed by atoms with Crippen LogP contribution in [0.25, 0.3) is 16.7 Å². The Balaban J connectivity index is 1.29. The minimum Gasteiger partial charge on any atom is -0.350 e. The molecule has 2 aliphatic heterocycles. The molecule has 9 heteroatoms. The van der Waals surface area contributed by atoms with E-state index in [9.17, 15) is 9.18 Å². The zero-order valence-electron chi connectivity index (χ0n) is 18.5. The first-order valence-electron chi connectivity index (χ1n) is 11.3. The van der Waals surface area contributed by atoms with Gasteiger partial charge in [0.15, 0.2) is 5.82 Å². The van der Waals surface area contributed by atoms with Crippen LogP contribution in [0.1, 0.15) is 22.3 Å².